The highest BCUT2D eigenvalue weighted by Gasteiger charge is 2.13. The third kappa shape index (κ3) is 2.76. The summed E-state index contributed by atoms with van der Waals surface area (Å²) in [5.41, 5.74) is 7.14. The van der Waals surface area contributed by atoms with Gasteiger partial charge >= 0.3 is 0 Å². The number of imidazole rings is 1. The van der Waals surface area contributed by atoms with Gasteiger partial charge in [-0.25, -0.2) is 4.98 Å². The Morgan fingerprint density at radius 2 is 2.18 bits per heavy atom. The van der Waals surface area contributed by atoms with Gasteiger partial charge in [-0.3, -0.25) is 0 Å². The number of halogens is 1. The monoisotopic (exact) mass is 293 g/mol. The predicted molar refractivity (Wildman–Crippen MR) is 72.9 cm³/mol. The van der Waals surface area contributed by atoms with Crippen LogP contribution in [0.15, 0.2) is 41.1 Å². The first-order chi connectivity index (χ1) is 8.22. The van der Waals surface area contributed by atoms with Crippen molar-refractivity contribution in [1.82, 2.24) is 9.55 Å². The lowest BCUT2D eigenvalue weighted by atomic mass is 9.99. The van der Waals surface area contributed by atoms with Crippen molar-refractivity contribution in [3.05, 3.63) is 52.5 Å². The van der Waals surface area contributed by atoms with Crippen molar-refractivity contribution in [2.75, 3.05) is 6.54 Å². The number of benzene rings is 1. The van der Waals surface area contributed by atoms with Crippen molar-refractivity contribution < 1.29 is 0 Å². The molecule has 3 nitrogen and oxygen atoms in total. The maximum Gasteiger partial charge on any atom is 0.105 e. The van der Waals surface area contributed by atoms with Gasteiger partial charge in [0, 0.05) is 35.9 Å². The average molecular weight is 294 g/mol. The summed E-state index contributed by atoms with van der Waals surface area (Å²) in [6.45, 7) is 3.50. The zero-order valence-corrected chi connectivity index (χ0v) is 11.4. The Morgan fingerprint density at radius 1 is 1.41 bits per heavy atom. The number of rotatable bonds is 4. The molecule has 0 spiro atoms. The Morgan fingerprint density at radius 3 is 2.76 bits per heavy atom. The van der Waals surface area contributed by atoms with Crippen molar-refractivity contribution in [2.24, 2.45) is 5.73 Å². The van der Waals surface area contributed by atoms with Crippen LogP contribution < -0.4 is 5.73 Å². The topological polar surface area (TPSA) is 43.8 Å². The summed E-state index contributed by atoms with van der Waals surface area (Å²) in [6, 6.07) is 8.24. The first-order valence-corrected chi connectivity index (χ1v) is 6.44. The summed E-state index contributed by atoms with van der Waals surface area (Å²) in [4.78, 5) is 4.23. The number of nitrogens with two attached hydrogens (primary N) is 1. The van der Waals surface area contributed by atoms with Crippen molar-refractivity contribution >= 4 is 15.9 Å². The predicted octanol–water partition coefficient (Wildman–Crippen LogP) is 2.70. The molecular formula is C13H16BrN3. The van der Waals surface area contributed by atoms with Crippen LogP contribution >= 0.6 is 15.9 Å². The molecule has 0 saturated carbocycles. The molecule has 0 aliphatic carbocycles. The SMILES string of the molecule is Cc1nccn1CC(CN)c1ccccc1Br. The van der Waals surface area contributed by atoms with E-state index in [1.807, 2.05) is 31.5 Å². The third-order valence-electron chi connectivity index (χ3n) is 2.97. The summed E-state index contributed by atoms with van der Waals surface area (Å²) in [5, 5.41) is 0. The maximum atomic E-state index is 5.89. The van der Waals surface area contributed by atoms with Crippen LogP contribution in [-0.4, -0.2) is 16.1 Å². The van der Waals surface area contributed by atoms with Gasteiger partial charge in [0.25, 0.3) is 0 Å². The summed E-state index contributed by atoms with van der Waals surface area (Å²) in [5.74, 6) is 1.33. The van der Waals surface area contributed by atoms with Crippen molar-refractivity contribution in [3.8, 4) is 0 Å². The van der Waals surface area contributed by atoms with Gasteiger partial charge in [-0.15, -0.1) is 0 Å². The van der Waals surface area contributed by atoms with Crippen LogP contribution in [0.4, 0.5) is 0 Å². The Labute approximate surface area is 110 Å². The summed E-state index contributed by atoms with van der Waals surface area (Å²) < 4.78 is 3.25. The van der Waals surface area contributed by atoms with E-state index in [0.717, 1.165) is 16.8 Å². The number of aromatic nitrogens is 2. The number of nitrogens with zero attached hydrogens (tertiary/aromatic N) is 2. The van der Waals surface area contributed by atoms with Crippen LogP contribution in [-0.2, 0) is 6.54 Å². The van der Waals surface area contributed by atoms with Crippen LogP contribution in [0.1, 0.15) is 17.3 Å². The molecule has 1 unspecified atom stereocenters. The second-order valence-electron chi connectivity index (χ2n) is 4.08. The Bertz CT molecular complexity index is 493. The van der Waals surface area contributed by atoms with E-state index < -0.39 is 0 Å². The lowest BCUT2D eigenvalue weighted by molar-refractivity contribution is 0.554. The number of hydrogen-bond donors (Lipinski definition) is 1. The Balaban J connectivity index is 2.23. The molecule has 4 heteroatoms. The van der Waals surface area contributed by atoms with Gasteiger partial charge in [0.2, 0.25) is 0 Å². The highest BCUT2D eigenvalue weighted by molar-refractivity contribution is 9.10. The molecule has 0 aliphatic heterocycles. The summed E-state index contributed by atoms with van der Waals surface area (Å²) >= 11 is 3.58. The molecule has 1 aromatic carbocycles. The van der Waals surface area contributed by atoms with E-state index in [9.17, 15) is 0 Å². The van der Waals surface area contributed by atoms with E-state index in [1.165, 1.54) is 5.56 Å². The van der Waals surface area contributed by atoms with Gasteiger partial charge in [-0.1, -0.05) is 34.1 Å². The van der Waals surface area contributed by atoms with Crippen molar-refractivity contribution in [2.45, 2.75) is 19.4 Å². The minimum atomic E-state index is 0.304. The standard InChI is InChI=1S/C13H16BrN3/c1-10-16-6-7-17(10)9-11(8-15)12-4-2-3-5-13(12)14/h2-7,11H,8-9,15H2,1H3. The smallest absolute Gasteiger partial charge is 0.105 e. The maximum absolute atomic E-state index is 5.89. The van der Waals surface area contributed by atoms with Gasteiger partial charge in [0.1, 0.15) is 5.82 Å². The first-order valence-electron chi connectivity index (χ1n) is 5.64. The van der Waals surface area contributed by atoms with E-state index in [0.29, 0.717) is 12.5 Å². The highest BCUT2D eigenvalue weighted by atomic mass is 79.9. The number of aryl methyl sites for hydroxylation is 1. The van der Waals surface area contributed by atoms with Crippen LogP contribution in [0, 0.1) is 6.92 Å². The van der Waals surface area contributed by atoms with Crippen LogP contribution in [0.2, 0.25) is 0 Å². The quantitative estimate of drug-likeness (QED) is 0.942. The lowest BCUT2D eigenvalue weighted by Crippen LogP contribution is -2.19. The molecule has 0 aliphatic rings. The molecule has 0 amide bonds. The molecule has 90 valence electrons. The molecule has 2 rings (SSSR count). The minimum absolute atomic E-state index is 0.304. The van der Waals surface area contributed by atoms with Crippen molar-refractivity contribution in [1.29, 1.82) is 0 Å². The van der Waals surface area contributed by atoms with Gasteiger partial charge in [0.05, 0.1) is 0 Å². The molecule has 0 saturated heterocycles. The zero-order chi connectivity index (χ0) is 12.3. The van der Waals surface area contributed by atoms with Crippen LogP contribution in [0.25, 0.3) is 0 Å². The minimum Gasteiger partial charge on any atom is -0.335 e. The largest absolute Gasteiger partial charge is 0.335 e. The lowest BCUT2D eigenvalue weighted by Gasteiger charge is -2.18. The fourth-order valence-electron chi connectivity index (χ4n) is 1.94. The summed E-state index contributed by atoms with van der Waals surface area (Å²) in [6.07, 6.45) is 3.82. The molecule has 0 fully saturated rings. The first kappa shape index (κ1) is 12.3. The fraction of sp³-hybridized carbons (Fsp3) is 0.308. The Hall–Kier alpha value is -1.13. The van der Waals surface area contributed by atoms with Crippen LogP contribution in [0.5, 0.6) is 0 Å². The van der Waals surface area contributed by atoms with Crippen LogP contribution in [0.3, 0.4) is 0 Å². The zero-order valence-electron chi connectivity index (χ0n) is 9.81. The van der Waals surface area contributed by atoms with E-state index in [4.69, 9.17) is 5.73 Å². The van der Waals surface area contributed by atoms with Gasteiger partial charge in [0.15, 0.2) is 0 Å². The van der Waals surface area contributed by atoms with Gasteiger partial charge < -0.3 is 10.3 Å². The van der Waals surface area contributed by atoms with Gasteiger partial charge in [-0.2, -0.15) is 0 Å². The molecule has 17 heavy (non-hydrogen) atoms. The molecular weight excluding hydrogens is 278 g/mol. The van der Waals surface area contributed by atoms with E-state index in [2.05, 4.69) is 37.6 Å². The molecule has 2 N–H and O–H groups in total. The molecule has 0 radical (unpaired) electrons. The molecule has 1 aromatic heterocycles. The van der Waals surface area contributed by atoms with Gasteiger partial charge in [-0.05, 0) is 18.6 Å². The van der Waals surface area contributed by atoms with E-state index in [1.54, 1.807) is 0 Å². The average Bonchev–Trinajstić information content (AvgIpc) is 2.73. The molecule has 1 atom stereocenters. The van der Waals surface area contributed by atoms with Crippen molar-refractivity contribution in [3.63, 3.8) is 0 Å². The number of hydrogen-bond acceptors (Lipinski definition) is 2. The normalized spacial score (nSPS) is 12.6. The molecule has 1 heterocycles. The second kappa shape index (κ2) is 5.47. The Kier molecular flexibility index (Phi) is 3.97. The fourth-order valence-corrected chi connectivity index (χ4v) is 2.55. The van der Waals surface area contributed by atoms with E-state index >= 15 is 0 Å². The van der Waals surface area contributed by atoms with E-state index in [-0.39, 0.29) is 0 Å². The second-order valence-corrected chi connectivity index (χ2v) is 4.94. The third-order valence-corrected chi connectivity index (χ3v) is 3.69. The summed E-state index contributed by atoms with van der Waals surface area (Å²) in [7, 11) is 0. The highest BCUT2D eigenvalue weighted by Crippen LogP contribution is 2.25. The molecule has 0 bridgehead atoms. The molecule has 2 aromatic rings.